The highest BCUT2D eigenvalue weighted by molar-refractivity contribution is 9.10. The summed E-state index contributed by atoms with van der Waals surface area (Å²) < 4.78 is 6.42. The van der Waals surface area contributed by atoms with E-state index in [1.54, 1.807) is 18.3 Å². The van der Waals surface area contributed by atoms with Gasteiger partial charge < -0.3 is 9.73 Å². The van der Waals surface area contributed by atoms with Crippen molar-refractivity contribution in [2.45, 2.75) is 20.3 Å². The third kappa shape index (κ3) is 3.89. The summed E-state index contributed by atoms with van der Waals surface area (Å²) in [6.45, 7) is 3.84. The number of carbonyl (C=O) groups is 1. The maximum atomic E-state index is 12.2. The highest BCUT2D eigenvalue weighted by Gasteiger charge is 2.15. The summed E-state index contributed by atoms with van der Waals surface area (Å²) in [5.74, 6) is 1.02. The normalized spacial score (nSPS) is 10.6. The van der Waals surface area contributed by atoms with Crippen molar-refractivity contribution >= 4 is 27.5 Å². The minimum atomic E-state index is -0.161. The third-order valence-electron chi connectivity index (χ3n) is 3.53. The van der Waals surface area contributed by atoms with Gasteiger partial charge in [-0.25, -0.2) is 9.97 Å². The molecule has 24 heavy (non-hydrogen) atoms. The number of amides is 1. The predicted molar refractivity (Wildman–Crippen MR) is 95.7 cm³/mol. The first kappa shape index (κ1) is 16.4. The molecule has 1 aromatic carbocycles. The first-order valence-electron chi connectivity index (χ1n) is 7.46. The first-order chi connectivity index (χ1) is 11.5. The van der Waals surface area contributed by atoms with Crippen LogP contribution in [0.1, 0.15) is 17.0 Å². The second-order valence-electron chi connectivity index (χ2n) is 5.48. The van der Waals surface area contributed by atoms with Gasteiger partial charge in [0.05, 0.1) is 24.0 Å². The topological polar surface area (TPSA) is 68.0 Å². The quantitative estimate of drug-likeness (QED) is 0.679. The van der Waals surface area contributed by atoms with E-state index in [1.807, 2.05) is 38.1 Å². The Morgan fingerprint density at radius 3 is 2.58 bits per heavy atom. The molecule has 2 aromatic heterocycles. The van der Waals surface area contributed by atoms with Gasteiger partial charge in [0.15, 0.2) is 0 Å². The van der Waals surface area contributed by atoms with Gasteiger partial charge >= 0.3 is 0 Å². The zero-order valence-corrected chi connectivity index (χ0v) is 14.9. The van der Waals surface area contributed by atoms with Crippen molar-refractivity contribution in [3.63, 3.8) is 0 Å². The molecule has 1 N–H and O–H groups in total. The van der Waals surface area contributed by atoms with Crippen molar-refractivity contribution in [2.75, 3.05) is 5.32 Å². The van der Waals surface area contributed by atoms with Crippen LogP contribution in [0, 0.1) is 13.8 Å². The summed E-state index contributed by atoms with van der Waals surface area (Å²) in [6.07, 6.45) is 1.74. The van der Waals surface area contributed by atoms with Crippen LogP contribution < -0.4 is 5.32 Å². The number of rotatable bonds is 4. The minimum absolute atomic E-state index is 0.150. The molecule has 122 valence electrons. The Balaban J connectivity index is 1.72. The van der Waals surface area contributed by atoms with E-state index in [9.17, 15) is 4.79 Å². The van der Waals surface area contributed by atoms with Crippen molar-refractivity contribution < 1.29 is 9.21 Å². The van der Waals surface area contributed by atoms with Crippen LogP contribution in [-0.2, 0) is 11.2 Å². The molecular formula is C18H16BrN3O2. The third-order valence-corrected chi connectivity index (χ3v) is 4.00. The van der Waals surface area contributed by atoms with Crippen LogP contribution in [0.5, 0.6) is 0 Å². The van der Waals surface area contributed by atoms with Crippen molar-refractivity contribution in [1.82, 2.24) is 9.97 Å². The van der Waals surface area contributed by atoms with E-state index in [1.165, 1.54) is 5.56 Å². The highest BCUT2D eigenvalue weighted by Crippen LogP contribution is 2.22. The molecule has 0 radical (unpaired) electrons. The Labute approximate surface area is 148 Å². The van der Waals surface area contributed by atoms with E-state index in [4.69, 9.17) is 4.42 Å². The first-order valence-corrected chi connectivity index (χ1v) is 8.25. The van der Waals surface area contributed by atoms with Gasteiger partial charge in [-0.1, -0.05) is 17.7 Å². The lowest BCUT2D eigenvalue weighted by Gasteiger charge is -2.03. The Hall–Kier alpha value is -2.47. The molecule has 5 nitrogen and oxygen atoms in total. The molecule has 1 amide bonds. The molecule has 0 saturated carbocycles. The van der Waals surface area contributed by atoms with E-state index in [0.29, 0.717) is 23.0 Å². The number of nitrogens with one attached hydrogen (secondary N) is 1. The van der Waals surface area contributed by atoms with E-state index < -0.39 is 0 Å². The number of anilines is 1. The molecule has 0 aliphatic heterocycles. The van der Waals surface area contributed by atoms with Crippen LogP contribution in [0.3, 0.4) is 0 Å². The number of nitrogens with zero attached hydrogens (tertiary/aromatic N) is 2. The number of hydrogen-bond donors (Lipinski definition) is 1. The lowest BCUT2D eigenvalue weighted by atomic mass is 10.1. The second-order valence-corrected chi connectivity index (χ2v) is 6.29. The summed E-state index contributed by atoms with van der Waals surface area (Å²) in [6, 6.07) is 11.5. The van der Waals surface area contributed by atoms with Crippen molar-refractivity contribution in [1.29, 1.82) is 0 Å². The van der Waals surface area contributed by atoms with Gasteiger partial charge in [-0.15, -0.1) is 0 Å². The zero-order valence-electron chi connectivity index (χ0n) is 13.3. The Morgan fingerprint density at radius 2 is 1.92 bits per heavy atom. The Morgan fingerprint density at radius 1 is 1.17 bits per heavy atom. The summed E-state index contributed by atoms with van der Waals surface area (Å²) in [5.41, 5.74) is 3.34. The summed E-state index contributed by atoms with van der Waals surface area (Å²) in [5, 5.41) is 2.80. The fourth-order valence-electron chi connectivity index (χ4n) is 2.22. The molecule has 0 spiro atoms. The molecule has 2 heterocycles. The number of carbonyl (C=O) groups excluding carboxylic acids is 1. The predicted octanol–water partition coefficient (Wildman–Crippen LogP) is 4.30. The molecule has 0 bridgehead atoms. The number of aryl methyl sites for hydroxylation is 2. The summed E-state index contributed by atoms with van der Waals surface area (Å²) in [4.78, 5) is 20.7. The van der Waals surface area contributed by atoms with Gasteiger partial charge in [0.2, 0.25) is 11.8 Å². The number of hydrogen-bond acceptors (Lipinski definition) is 4. The lowest BCUT2D eigenvalue weighted by molar-refractivity contribution is -0.115. The Kier molecular flexibility index (Phi) is 4.76. The highest BCUT2D eigenvalue weighted by atomic mass is 79.9. The largest absolute Gasteiger partial charge is 0.441 e. The van der Waals surface area contributed by atoms with Crippen LogP contribution in [0.4, 0.5) is 5.69 Å². The maximum absolute atomic E-state index is 12.2. The van der Waals surface area contributed by atoms with E-state index in [0.717, 1.165) is 10.2 Å². The van der Waals surface area contributed by atoms with Crippen LogP contribution in [0.25, 0.3) is 11.5 Å². The van der Waals surface area contributed by atoms with Crippen molar-refractivity contribution in [3.8, 4) is 11.5 Å². The minimum Gasteiger partial charge on any atom is -0.441 e. The van der Waals surface area contributed by atoms with E-state index in [2.05, 4.69) is 31.2 Å². The SMILES string of the molecule is Cc1ccc(-c2nc(CC(=O)Nc3ccc(Br)nc3)c(C)o2)cc1. The van der Waals surface area contributed by atoms with E-state index >= 15 is 0 Å². The summed E-state index contributed by atoms with van der Waals surface area (Å²) >= 11 is 3.26. The van der Waals surface area contributed by atoms with Gasteiger partial charge in [-0.05, 0) is 54.0 Å². The molecule has 0 atom stereocenters. The van der Waals surface area contributed by atoms with Crippen LogP contribution in [0.15, 0.2) is 51.6 Å². The van der Waals surface area contributed by atoms with Crippen LogP contribution in [-0.4, -0.2) is 15.9 Å². The molecule has 0 saturated heterocycles. The molecule has 0 aliphatic carbocycles. The molecule has 3 rings (SSSR count). The fraction of sp³-hybridized carbons (Fsp3) is 0.167. The zero-order chi connectivity index (χ0) is 17.1. The molecule has 6 heteroatoms. The van der Waals surface area contributed by atoms with Gasteiger partial charge in [0.25, 0.3) is 0 Å². The number of aromatic nitrogens is 2. The number of benzene rings is 1. The van der Waals surface area contributed by atoms with Crippen molar-refractivity contribution in [3.05, 3.63) is 64.2 Å². The lowest BCUT2D eigenvalue weighted by Crippen LogP contribution is -2.15. The van der Waals surface area contributed by atoms with Crippen LogP contribution in [0.2, 0.25) is 0 Å². The average Bonchev–Trinajstić information content (AvgIpc) is 2.91. The van der Waals surface area contributed by atoms with Gasteiger partial charge in [-0.2, -0.15) is 0 Å². The average molecular weight is 386 g/mol. The van der Waals surface area contributed by atoms with Crippen LogP contribution >= 0.6 is 15.9 Å². The number of oxazole rings is 1. The maximum Gasteiger partial charge on any atom is 0.230 e. The smallest absolute Gasteiger partial charge is 0.230 e. The summed E-state index contributed by atoms with van der Waals surface area (Å²) in [7, 11) is 0. The molecule has 0 aliphatic rings. The molecule has 0 unspecified atom stereocenters. The van der Waals surface area contributed by atoms with Gasteiger partial charge in [0.1, 0.15) is 10.4 Å². The molecule has 3 aromatic rings. The van der Waals surface area contributed by atoms with Crippen molar-refractivity contribution in [2.24, 2.45) is 0 Å². The van der Waals surface area contributed by atoms with Gasteiger partial charge in [-0.3, -0.25) is 4.79 Å². The van der Waals surface area contributed by atoms with E-state index in [-0.39, 0.29) is 12.3 Å². The van der Waals surface area contributed by atoms with Gasteiger partial charge in [0, 0.05) is 5.56 Å². The monoisotopic (exact) mass is 385 g/mol. The second kappa shape index (κ2) is 6.97. The fourth-order valence-corrected chi connectivity index (χ4v) is 2.45. The Bertz CT molecular complexity index is 855. The molecular weight excluding hydrogens is 370 g/mol. The standard InChI is InChI=1S/C18H16BrN3O2/c1-11-3-5-13(6-4-11)18-22-15(12(2)24-18)9-17(23)21-14-7-8-16(19)20-10-14/h3-8,10H,9H2,1-2H3,(H,21,23). The number of pyridine rings is 1. The molecule has 0 fully saturated rings. The number of halogens is 1.